The van der Waals surface area contributed by atoms with Crippen LogP contribution >= 0.6 is 0 Å². The number of pyridine rings is 1. The molecule has 176 valence electrons. The highest BCUT2D eigenvalue weighted by Crippen LogP contribution is 2.49. The van der Waals surface area contributed by atoms with Crippen LogP contribution in [0.1, 0.15) is 24.1 Å². The lowest BCUT2D eigenvalue weighted by Crippen LogP contribution is -2.36. The summed E-state index contributed by atoms with van der Waals surface area (Å²) in [6.07, 6.45) is 2.59. The zero-order valence-electron chi connectivity index (χ0n) is 17.8. The van der Waals surface area contributed by atoms with E-state index in [2.05, 4.69) is 4.98 Å². The number of sulfone groups is 1. The van der Waals surface area contributed by atoms with Crippen molar-refractivity contribution < 1.29 is 31.2 Å². The number of hydrogen-bond acceptors (Lipinski definition) is 6. The second-order valence-electron chi connectivity index (χ2n) is 8.38. The van der Waals surface area contributed by atoms with Gasteiger partial charge >= 0.3 is 11.5 Å². The Morgan fingerprint density at radius 2 is 1.73 bits per heavy atom. The molecule has 12 heteroatoms. The van der Waals surface area contributed by atoms with Gasteiger partial charge in [-0.3, -0.25) is 9.78 Å². The van der Waals surface area contributed by atoms with Gasteiger partial charge in [0, 0.05) is 19.3 Å². The fourth-order valence-electron chi connectivity index (χ4n) is 3.89. The number of alkyl halides is 3. The molecule has 33 heavy (non-hydrogen) atoms. The molecule has 1 aliphatic carbocycles. The summed E-state index contributed by atoms with van der Waals surface area (Å²) in [5.74, 6) is -0.471. The molecule has 0 bridgehead atoms. The molecule has 4 rings (SSSR count). The highest BCUT2D eigenvalue weighted by atomic mass is 32.2. The van der Waals surface area contributed by atoms with Crippen molar-refractivity contribution in [1.82, 2.24) is 14.8 Å². The molecule has 0 N–H and O–H groups in total. The summed E-state index contributed by atoms with van der Waals surface area (Å²) < 4.78 is 61.5. The van der Waals surface area contributed by atoms with E-state index >= 15 is 0 Å². The number of amides is 3. The number of benzene rings is 1. The SMILES string of the molecule is CN(C)Cc1cc(CN2C(=O)N(c3ccc(S(=O)(=O)C(F)(F)F)cc3)C(=O)C23CC3)ccn1. The highest BCUT2D eigenvalue weighted by Gasteiger charge is 2.65. The van der Waals surface area contributed by atoms with Crippen LogP contribution in [-0.2, 0) is 27.7 Å². The second-order valence-corrected chi connectivity index (χ2v) is 10.3. The zero-order chi connectivity index (χ0) is 24.2. The predicted octanol–water partition coefficient (Wildman–Crippen LogP) is 2.94. The van der Waals surface area contributed by atoms with Crippen molar-refractivity contribution in [2.75, 3.05) is 19.0 Å². The lowest BCUT2D eigenvalue weighted by molar-refractivity contribution is -0.120. The van der Waals surface area contributed by atoms with Crippen LogP contribution in [0.25, 0.3) is 0 Å². The predicted molar refractivity (Wildman–Crippen MR) is 112 cm³/mol. The zero-order valence-corrected chi connectivity index (χ0v) is 18.7. The smallest absolute Gasteiger partial charge is 0.305 e. The fourth-order valence-corrected chi connectivity index (χ4v) is 4.65. The molecule has 2 aliphatic rings. The first-order chi connectivity index (χ1) is 15.4. The first kappa shape index (κ1) is 23.2. The normalized spacial score (nSPS) is 18.0. The Morgan fingerprint density at radius 1 is 1.09 bits per heavy atom. The van der Waals surface area contributed by atoms with Crippen molar-refractivity contribution in [3.05, 3.63) is 53.9 Å². The molecular weight excluding hydrogens is 461 g/mol. The summed E-state index contributed by atoms with van der Waals surface area (Å²) in [6.45, 7) is 0.774. The van der Waals surface area contributed by atoms with Crippen LogP contribution in [0.15, 0.2) is 47.5 Å². The Balaban J connectivity index is 1.60. The van der Waals surface area contributed by atoms with Gasteiger partial charge in [-0.1, -0.05) is 0 Å². The van der Waals surface area contributed by atoms with Crippen LogP contribution in [0.2, 0.25) is 0 Å². The van der Waals surface area contributed by atoms with Gasteiger partial charge in [-0.25, -0.2) is 18.1 Å². The van der Waals surface area contributed by atoms with Gasteiger partial charge in [-0.15, -0.1) is 0 Å². The second kappa shape index (κ2) is 7.80. The summed E-state index contributed by atoms with van der Waals surface area (Å²) in [6, 6.07) is 6.58. The van der Waals surface area contributed by atoms with Gasteiger partial charge in [-0.05, 0) is 68.9 Å². The lowest BCUT2D eigenvalue weighted by Gasteiger charge is -2.21. The summed E-state index contributed by atoms with van der Waals surface area (Å²) in [7, 11) is -1.72. The quantitative estimate of drug-likeness (QED) is 0.588. The third kappa shape index (κ3) is 3.97. The highest BCUT2D eigenvalue weighted by molar-refractivity contribution is 7.92. The Bertz CT molecular complexity index is 1210. The molecule has 0 radical (unpaired) electrons. The van der Waals surface area contributed by atoms with Crippen LogP contribution in [-0.4, -0.2) is 60.3 Å². The van der Waals surface area contributed by atoms with Gasteiger partial charge in [0.15, 0.2) is 0 Å². The number of rotatable bonds is 6. The molecule has 1 aliphatic heterocycles. The van der Waals surface area contributed by atoms with Gasteiger partial charge in [0.25, 0.3) is 15.7 Å². The topological polar surface area (TPSA) is 90.9 Å². The van der Waals surface area contributed by atoms with Crippen molar-refractivity contribution in [1.29, 1.82) is 0 Å². The lowest BCUT2D eigenvalue weighted by atomic mass is 10.1. The first-order valence-electron chi connectivity index (χ1n) is 10.0. The molecule has 2 fully saturated rings. The summed E-state index contributed by atoms with van der Waals surface area (Å²) in [5.41, 5.74) is -4.82. The first-order valence-corrected chi connectivity index (χ1v) is 11.5. The van der Waals surface area contributed by atoms with Crippen molar-refractivity contribution in [2.45, 2.75) is 41.9 Å². The number of hydrogen-bond donors (Lipinski definition) is 0. The Kier molecular flexibility index (Phi) is 5.48. The number of carbonyl (C=O) groups excluding carboxylic acids is 2. The maximum atomic E-state index is 13.2. The largest absolute Gasteiger partial charge is 0.501 e. The standard InChI is InChI=1S/C21H21F3N4O4S/c1-26(2)13-15-11-14(7-10-25-15)12-27-19(30)28(18(29)20(27)8-9-20)16-3-5-17(6-4-16)33(31,32)21(22,23)24/h3-7,10-11H,8-9,12-13H2,1-2H3. The number of urea groups is 1. The van der Waals surface area contributed by atoms with Crippen LogP contribution in [0.5, 0.6) is 0 Å². The van der Waals surface area contributed by atoms with Crippen LogP contribution in [0.3, 0.4) is 0 Å². The maximum Gasteiger partial charge on any atom is 0.501 e. The van der Waals surface area contributed by atoms with E-state index in [4.69, 9.17) is 0 Å². The molecule has 1 aromatic carbocycles. The minimum absolute atomic E-state index is 0.0166. The summed E-state index contributed by atoms with van der Waals surface area (Å²) in [4.78, 5) is 33.9. The van der Waals surface area contributed by atoms with E-state index in [0.717, 1.165) is 40.4 Å². The van der Waals surface area contributed by atoms with Gasteiger partial charge in [0.05, 0.1) is 16.3 Å². The summed E-state index contributed by atoms with van der Waals surface area (Å²) in [5, 5.41) is 0. The number of nitrogens with zero attached hydrogens (tertiary/aromatic N) is 4. The molecule has 2 aromatic rings. The van der Waals surface area contributed by atoms with Gasteiger partial charge in [-0.2, -0.15) is 13.2 Å². The van der Waals surface area contributed by atoms with E-state index in [1.165, 1.54) is 4.90 Å². The Hall–Kier alpha value is -2.99. The van der Waals surface area contributed by atoms with Crippen molar-refractivity contribution in [2.24, 2.45) is 0 Å². The van der Waals surface area contributed by atoms with Gasteiger partial charge in [0.2, 0.25) is 0 Å². The van der Waals surface area contributed by atoms with E-state index < -0.39 is 37.7 Å². The minimum Gasteiger partial charge on any atom is -0.305 e. The Labute approximate surface area is 188 Å². The van der Waals surface area contributed by atoms with E-state index in [-0.39, 0.29) is 12.2 Å². The Morgan fingerprint density at radius 3 is 2.27 bits per heavy atom. The third-order valence-electron chi connectivity index (χ3n) is 5.67. The van der Waals surface area contributed by atoms with Crippen LogP contribution < -0.4 is 4.90 Å². The van der Waals surface area contributed by atoms with Crippen LogP contribution in [0.4, 0.5) is 23.7 Å². The average Bonchev–Trinajstić information content (AvgIpc) is 3.50. The molecule has 1 saturated heterocycles. The fraction of sp³-hybridized carbons (Fsp3) is 0.381. The molecule has 0 atom stereocenters. The number of halogens is 3. The van der Waals surface area contributed by atoms with E-state index in [9.17, 15) is 31.2 Å². The third-order valence-corrected chi connectivity index (χ3v) is 7.18. The van der Waals surface area contributed by atoms with E-state index in [0.29, 0.717) is 19.4 Å². The molecule has 0 unspecified atom stereocenters. The monoisotopic (exact) mass is 482 g/mol. The number of carbonyl (C=O) groups is 2. The van der Waals surface area contributed by atoms with Crippen molar-refractivity contribution in [3.63, 3.8) is 0 Å². The van der Waals surface area contributed by atoms with Crippen molar-refractivity contribution in [3.8, 4) is 0 Å². The van der Waals surface area contributed by atoms with Gasteiger partial charge < -0.3 is 9.80 Å². The summed E-state index contributed by atoms with van der Waals surface area (Å²) >= 11 is 0. The number of anilines is 1. The minimum atomic E-state index is -5.53. The molecule has 3 amide bonds. The number of aromatic nitrogens is 1. The van der Waals surface area contributed by atoms with E-state index in [1.807, 2.05) is 25.1 Å². The molecule has 1 aromatic heterocycles. The van der Waals surface area contributed by atoms with Crippen molar-refractivity contribution >= 4 is 27.5 Å². The van der Waals surface area contributed by atoms with E-state index in [1.54, 1.807) is 12.3 Å². The van der Waals surface area contributed by atoms with Gasteiger partial charge in [0.1, 0.15) is 5.54 Å². The van der Waals surface area contributed by atoms with Crippen LogP contribution in [0, 0.1) is 0 Å². The maximum absolute atomic E-state index is 13.2. The number of imide groups is 1. The average molecular weight is 482 g/mol. The molecular formula is C21H21F3N4O4S. The molecule has 1 saturated carbocycles. The molecule has 1 spiro atoms. The molecule has 8 nitrogen and oxygen atoms in total. The molecule has 2 heterocycles.